The number of carbonyl (C=O) groups is 2. The zero-order chi connectivity index (χ0) is 24.2. The summed E-state index contributed by atoms with van der Waals surface area (Å²) in [6.45, 7) is 5.87. The highest BCUT2D eigenvalue weighted by molar-refractivity contribution is 6.07. The van der Waals surface area contributed by atoms with Crippen molar-refractivity contribution in [3.05, 3.63) is 42.5 Å². The summed E-state index contributed by atoms with van der Waals surface area (Å²) >= 11 is 0. The van der Waals surface area contributed by atoms with Gasteiger partial charge in [0.2, 0.25) is 6.61 Å². The Morgan fingerprint density at radius 1 is 1.09 bits per heavy atom. The van der Waals surface area contributed by atoms with Gasteiger partial charge in [-0.25, -0.2) is 9.59 Å². The van der Waals surface area contributed by atoms with Gasteiger partial charge >= 0.3 is 11.9 Å². The van der Waals surface area contributed by atoms with E-state index >= 15 is 0 Å². The maximum atomic E-state index is 12.1. The molecule has 2 aliphatic rings. The zero-order valence-corrected chi connectivity index (χ0v) is 19.8. The molecule has 0 spiro atoms. The summed E-state index contributed by atoms with van der Waals surface area (Å²) in [5.74, 6) is -0.396. The van der Waals surface area contributed by atoms with Crippen LogP contribution in [0.25, 0.3) is 0 Å². The molecule has 1 aliphatic heterocycles. The van der Waals surface area contributed by atoms with E-state index in [1.807, 2.05) is 24.3 Å². The Morgan fingerprint density at radius 2 is 1.76 bits per heavy atom. The van der Waals surface area contributed by atoms with Crippen molar-refractivity contribution in [2.45, 2.75) is 37.6 Å². The number of esters is 2. The highest BCUT2D eigenvalue weighted by Gasteiger charge is 2.44. The van der Waals surface area contributed by atoms with Crippen molar-refractivity contribution < 1.29 is 33.4 Å². The van der Waals surface area contributed by atoms with Gasteiger partial charge in [0.25, 0.3) is 0 Å². The average Bonchev–Trinajstić information content (AvgIpc) is 2.90. The van der Waals surface area contributed by atoms with Gasteiger partial charge in [-0.1, -0.05) is 31.0 Å². The van der Waals surface area contributed by atoms with Crippen molar-refractivity contribution in [2.24, 2.45) is 5.16 Å². The number of benzene rings is 1. The number of ether oxygens (including phenoxy) is 4. The van der Waals surface area contributed by atoms with Gasteiger partial charge in [0, 0.05) is 24.7 Å². The van der Waals surface area contributed by atoms with Crippen LogP contribution in [0.15, 0.2) is 42.1 Å². The van der Waals surface area contributed by atoms with Crippen molar-refractivity contribution in [1.82, 2.24) is 4.90 Å². The lowest BCUT2D eigenvalue weighted by Gasteiger charge is -2.48. The predicted molar refractivity (Wildman–Crippen MR) is 126 cm³/mol. The molecule has 1 aromatic carbocycles. The molecule has 0 aromatic heterocycles. The van der Waals surface area contributed by atoms with Crippen LogP contribution in [-0.2, 0) is 28.6 Å². The topological polar surface area (TPSA) is 95.9 Å². The Hall–Kier alpha value is -2.91. The Labute approximate surface area is 200 Å². The zero-order valence-electron chi connectivity index (χ0n) is 19.8. The van der Waals surface area contributed by atoms with Crippen LogP contribution < -0.4 is 4.74 Å². The summed E-state index contributed by atoms with van der Waals surface area (Å²) in [4.78, 5) is 31.1. The third kappa shape index (κ3) is 6.80. The highest BCUT2D eigenvalue weighted by Crippen LogP contribution is 2.38. The van der Waals surface area contributed by atoms with Gasteiger partial charge in [0.1, 0.15) is 24.7 Å². The molecule has 1 aliphatic carbocycles. The van der Waals surface area contributed by atoms with E-state index in [4.69, 9.17) is 23.8 Å². The highest BCUT2D eigenvalue weighted by atomic mass is 16.7. The molecule has 0 unspecified atom stereocenters. The summed E-state index contributed by atoms with van der Waals surface area (Å²) in [7, 11) is 1.63. The van der Waals surface area contributed by atoms with Crippen LogP contribution in [-0.4, -0.2) is 81.3 Å². The Balaban J connectivity index is 1.76. The van der Waals surface area contributed by atoms with Gasteiger partial charge in [-0.2, -0.15) is 0 Å². The molecule has 186 valence electrons. The molecule has 0 amide bonds. The van der Waals surface area contributed by atoms with Gasteiger partial charge in [0.05, 0.1) is 25.9 Å². The van der Waals surface area contributed by atoms with Gasteiger partial charge < -0.3 is 23.8 Å². The van der Waals surface area contributed by atoms with Gasteiger partial charge in [0.15, 0.2) is 0 Å². The van der Waals surface area contributed by atoms with E-state index in [9.17, 15) is 9.59 Å². The van der Waals surface area contributed by atoms with E-state index in [2.05, 4.69) is 16.6 Å². The fourth-order valence-electron chi connectivity index (χ4n) is 4.53. The second-order valence-corrected chi connectivity index (χ2v) is 8.23. The monoisotopic (exact) mass is 474 g/mol. The number of methoxy groups -OCH3 is 1. The van der Waals surface area contributed by atoms with Crippen molar-refractivity contribution in [3.63, 3.8) is 0 Å². The first kappa shape index (κ1) is 25.7. The van der Waals surface area contributed by atoms with Crippen LogP contribution in [0, 0.1) is 0 Å². The molecule has 0 radical (unpaired) electrons. The fourth-order valence-corrected chi connectivity index (χ4v) is 4.53. The number of morpholine rings is 1. The molecule has 0 bridgehead atoms. The van der Waals surface area contributed by atoms with Gasteiger partial charge in [-0.15, -0.1) is 0 Å². The molecular weight excluding hydrogens is 440 g/mol. The Morgan fingerprint density at radius 3 is 2.41 bits per heavy atom. The summed E-state index contributed by atoms with van der Waals surface area (Å²) in [6, 6.07) is 7.76. The normalized spacial score (nSPS) is 18.6. The molecular formula is C25H34N2O7. The van der Waals surface area contributed by atoms with Gasteiger partial charge in [-0.05, 0) is 37.1 Å². The summed E-state index contributed by atoms with van der Waals surface area (Å²) in [5.41, 5.74) is 1.45. The first-order valence-electron chi connectivity index (χ1n) is 11.7. The quantitative estimate of drug-likeness (QED) is 0.159. The van der Waals surface area contributed by atoms with Crippen LogP contribution >= 0.6 is 0 Å². The van der Waals surface area contributed by atoms with Crippen molar-refractivity contribution in [3.8, 4) is 5.75 Å². The molecule has 0 atom stereocenters. The molecule has 1 heterocycles. The molecule has 34 heavy (non-hydrogen) atoms. The van der Waals surface area contributed by atoms with Crippen LogP contribution in [0.4, 0.5) is 0 Å². The number of carbonyl (C=O) groups excluding carboxylic acids is 2. The molecule has 2 fully saturated rings. The van der Waals surface area contributed by atoms with E-state index in [0.717, 1.165) is 61.9 Å². The van der Waals surface area contributed by atoms with E-state index < -0.39 is 11.9 Å². The van der Waals surface area contributed by atoms with Crippen LogP contribution in [0.2, 0.25) is 0 Å². The maximum Gasteiger partial charge on any atom is 0.347 e. The third-order valence-corrected chi connectivity index (χ3v) is 6.20. The van der Waals surface area contributed by atoms with Crippen LogP contribution in [0.5, 0.6) is 5.75 Å². The SMILES string of the molecule is C=CC(=O)OCCOC(=O)CO/N=C(\c1ccc(OC)cc1)C1(N2CCOCC2)CCCCC1. The number of hydrogen-bond acceptors (Lipinski definition) is 9. The minimum Gasteiger partial charge on any atom is -0.497 e. The van der Waals surface area contributed by atoms with E-state index in [1.54, 1.807) is 7.11 Å². The van der Waals surface area contributed by atoms with E-state index in [1.165, 1.54) is 6.42 Å². The van der Waals surface area contributed by atoms with Crippen LogP contribution in [0.1, 0.15) is 37.7 Å². The average molecular weight is 475 g/mol. The third-order valence-electron chi connectivity index (χ3n) is 6.20. The van der Waals surface area contributed by atoms with E-state index in [0.29, 0.717) is 13.2 Å². The van der Waals surface area contributed by atoms with Crippen molar-refractivity contribution in [2.75, 3.05) is 53.2 Å². The molecule has 9 heteroatoms. The van der Waals surface area contributed by atoms with Gasteiger partial charge in [-0.3, -0.25) is 4.90 Å². The predicted octanol–water partition coefficient (Wildman–Crippen LogP) is 2.72. The molecule has 1 saturated heterocycles. The lowest BCUT2D eigenvalue weighted by molar-refractivity contribution is -0.153. The lowest BCUT2D eigenvalue weighted by Crippen LogP contribution is -2.59. The molecule has 1 saturated carbocycles. The number of hydrogen-bond donors (Lipinski definition) is 0. The smallest absolute Gasteiger partial charge is 0.347 e. The Bertz CT molecular complexity index is 841. The minimum absolute atomic E-state index is 0.0445. The summed E-state index contributed by atoms with van der Waals surface area (Å²) in [5, 5.41) is 4.52. The minimum atomic E-state index is -0.587. The number of nitrogens with zero attached hydrogens (tertiary/aromatic N) is 2. The lowest BCUT2D eigenvalue weighted by atomic mass is 9.74. The molecule has 1 aromatic rings. The summed E-state index contributed by atoms with van der Waals surface area (Å²) in [6.07, 6.45) is 6.35. The number of oxime groups is 1. The first-order chi connectivity index (χ1) is 16.6. The summed E-state index contributed by atoms with van der Waals surface area (Å²) < 4.78 is 20.8. The van der Waals surface area contributed by atoms with Crippen LogP contribution in [0.3, 0.4) is 0 Å². The maximum absolute atomic E-state index is 12.1. The molecule has 0 N–H and O–H groups in total. The molecule has 9 nitrogen and oxygen atoms in total. The second-order valence-electron chi connectivity index (χ2n) is 8.23. The second kappa shape index (κ2) is 13.1. The fraction of sp³-hybridized carbons (Fsp3) is 0.560. The van der Waals surface area contributed by atoms with E-state index in [-0.39, 0.29) is 25.4 Å². The largest absolute Gasteiger partial charge is 0.497 e. The molecule has 3 rings (SSSR count). The van der Waals surface area contributed by atoms with Crippen molar-refractivity contribution >= 4 is 17.7 Å². The van der Waals surface area contributed by atoms with Crippen molar-refractivity contribution in [1.29, 1.82) is 0 Å². The number of rotatable bonds is 11. The Kier molecular flexibility index (Phi) is 9.90. The first-order valence-corrected chi connectivity index (χ1v) is 11.7. The standard InChI is InChI=1S/C25H34N2O7/c1-3-22(28)32-17-18-33-23(29)19-34-26-24(20-7-9-21(30-2)10-8-20)25(11-5-4-6-12-25)27-13-15-31-16-14-27/h3,7-10H,1,4-6,11-19H2,2H3/b26-24+.